The second-order valence-electron chi connectivity index (χ2n) is 8.39. The molecule has 0 atom stereocenters. The van der Waals surface area contributed by atoms with Crippen LogP contribution in [0, 0.1) is 0 Å². The highest BCUT2D eigenvalue weighted by Gasteiger charge is 2.26. The van der Waals surface area contributed by atoms with Crippen molar-refractivity contribution in [1.82, 2.24) is 30.1 Å². The number of pyridine rings is 1. The minimum Gasteiger partial charge on any atom is -0.356 e. The van der Waals surface area contributed by atoms with Gasteiger partial charge < -0.3 is 15.5 Å². The summed E-state index contributed by atoms with van der Waals surface area (Å²) < 4.78 is 2.06. The van der Waals surface area contributed by atoms with Gasteiger partial charge in [-0.3, -0.25) is 9.39 Å². The zero-order chi connectivity index (χ0) is 19.9. The van der Waals surface area contributed by atoms with E-state index in [0.717, 1.165) is 42.9 Å². The predicted molar refractivity (Wildman–Crippen MR) is 117 cm³/mol. The molecule has 7 nitrogen and oxygen atoms in total. The number of piperidine rings is 1. The molecule has 2 aliphatic rings. The van der Waals surface area contributed by atoms with Crippen LogP contribution in [0.15, 0.2) is 29.4 Å². The van der Waals surface area contributed by atoms with Gasteiger partial charge >= 0.3 is 0 Å². The Morgan fingerprint density at radius 3 is 2.72 bits per heavy atom. The Balaban J connectivity index is 1.16. The van der Waals surface area contributed by atoms with Crippen molar-refractivity contribution in [2.75, 3.05) is 26.7 Å². The van der Waals surface area contributed by atoms with E-state index in [-0.39, 0.29) is 0 Å². The molecular formula is C22H35N7. The van der Waals surface area contributed by atoms with Gasteiger partial charge in [-0.1, -0.05) is 25.3 Å². The third-order valence-corrected chi connectivity index (χ3v) is 6.44. The number of nitrogens with zero attached hydrogens (tertiary/aromatic N) is 5. The minimum absolute atomic E-state index is 0.529. The fourth-order valence-electron chi connectivity index (χ4n) is 4.76. The lowest BCUT2D eigenvalue weighted by atomic mass is 9.92. The van der Waals surface area contributed by atoms with Crippen LogP contribution in [0.4, 0.5) is 0 Å². The van der Waals surface area contributed by atoms with Gasteiger partial charge in [-0.15, -0.1) is 10.2 Å². The van der Waals surface area contributed by atoms with Gasteiger partial charge in [0.1, 0.15) is 5.82 Å². The van der Waals surface area contributed by atoms with Crippen molar-refractivity contribution in [3.63, 3.8) is 0 Å². The highest BCUT2D eigenvalue weighted by Crippen LogP contribution is 2.25. The lowest BCUT2D eigenvalue weighted by Crippen LogP contribution is -2.51. The van der Waals surface area contributed by atoms with Crippen LogP contribution in [0.3, 0.4) is 0 Å². The number of rotatable bonds is 6. The number of hydrogen-bond acceptors (Lipinski definition) is 4. The molecule has 1 saturated heterocycles. The molecule has 0 bridgehead atoms. The summed E-state index contributed by atoms with van der Waals surface area (Å²) in [5.74, 6) is 1.94. The first-order valence-electron chi connectivity index (χ1n) is 11.3. The van der Waals surface area contributed by atoms with E-state index in [1.165, 1.54) is 58.0 Å². The number of aliphatic imine (C=N–C) groups is 1. The summed E-state index contributed by atoms with van der Waals surface area (Å²) in [7, 11) is 1.86. The molecule has 0 radical (unpaired) electrons. The maximum absolute atomic E-state index is 4.42. The Kier molecular flexibility index (Phi) is 6.98. The van der Waals surface area contributed by atoms with Crippen molar-refractivity contribution >= 4 is 11.6 Å². The molecule has 0 aromatic carbocycles. The first kappa shape index (κ1) is 20.1. The standard InChI is InChI=1S/C22H35N7/c1-23-22(24-14-7-11-21-27-26-20-10-5-6-15-29(20)21)25-18-12-16-28(17-13-18)19-8-3-2-4-9-19/h5-6,10,15,18-19H,2-4,7-9,11-14,16-17H2,1H3,(H2,23,24,25). The number of likely N-dealkylation sites (tertiary alicyclic amines) is 1. The second kappa shape index (κ2) is 10.1. The highest BCUT2D eigenvalue weighted by atomic mass is 15.2. The van der Waals surface area contributed by atoms with Crippen molar-refractivity contribution in [2.24, 2.45) is 4.99 Å². The maximum Gasteiger partial charge on any atom is 0.191 e. The molecule has 7 heteroatoms. The summed E-state index contributed by atoms with van der Waals surface area (Å²) in [4.78, 5) is 7.16. The van der Waals surface area contributed by atoms with Gasteiger partial charge in [0.05, 0.1) is 0 Å². The number of aromatic nitrogens is 3. The van der Waals surface area contributed by atoms with Crippen LogP contribution in [-0.2, 0) is 6.42 Å². The number of guanidine groups is 1. The zero-order valence-corrected chi connectivity index (χ0v) is 17.7. The van der Waals surface area contributed by atoms with Crippen molar-refractivity contribution in [1.29, 1.82) is 0 Å². The van der Waals surface area contributed by atoms with E-state index in [1.807, 2.05) is 31.4 Å². The predicted octanol–water partition coefficient (Wildman–Crippen LogP) is 2.62. The van der Waals surface area contributed by atoms with E-state index in [2.05, 4.69) is 35.1 Å². The second-order valence-corrected chi connectivity index (χ2v) is 8.39. The average molecular weight is 398 g/mol. The normalized spacial score (nSPS) is 20.2. The molecule has 29 heavy (non-hydrogen) atoms. The first-order chi connectivity index (χ1) is 14.3. The van der Waals surface area contributed by atoms with Crippen molar-refractivity contribution in [2.45, 2.75) is 69.9 Å². The molecule has 1 aliphatic heterocycles. The lowest BCUT2D eigenvalue weighted by molar-refractivity contribution is 0.119. The van der Waals surface area contributed by atoms with Gasteiger partial charge in [-0.05, 0) is 44.2 Å². The van der Waals surface area contributed by atoms with Crippen LogP contribution in [0.2, 0.25) is 0 Å². The van der Waals surface area contributed by atoms with Crippen LogP contribution in [0.1, 0.15) is 57.2 Å². The Labute approximate surface area is 174 Å². The van der Waals surface area contributed by atoms with Gasteiger partial charge in [-0.25, -0.2) is 0 Å². The van der Waals surface area contributed by atoms with E-state index in [9.17, 15) is 0 Å². The third kappa shape index (κ3) is 5.26. The lowest BCUT2D eigenvalue weighted by Gasteiger charge is -2.39. The minimum atomic E-state index is 0.529. The van der Waals surface area contributed by atoms with E-state index in [0.29, 0.717) is 6.04 Å². The molecule has 3 heterocycles. The van der Waals surface area contributed by atoms with Gasteiger partial charge in [0, 0.05) is 51.4 Å². The Morgan fingerprint density at radius 2 is 1.93 bits per heavy atom. The highest BCUT2D eigenvalue weighted by molar-refractivity contribution is 5.79. The Bertz CT molecular complexity index is 785. The Morgan fingerprint density at radius 1 is 1.10 bits per heavy atom. The van der Waals surface area contributed by atoms with Crippen molar-refractivity contribution < 1.29 is 0 Å². The van der Waals surface area contributed by atoms with E-state index < -0.39 is 0 Å². The molecule has 0 unspecified atom stereocenters. The van der Waals surface area contributed by atoms with Crippen LogP contribution in [0.25, 0.3) is 5.65 Å². The van der Waals surface area contributed by atoms with Crippen LogP contribution >= 0.6 is 0 Å². The van der Waals surface area contributed by atoms with Gasteiger partial charge in [0.25, 0.3) is 0 Å². The number of hydrogen-bond donors (Lipinski definition) is 2. The summed E-state index contributed by atoms with van der Waals surface area (Å²) in [6.45, 7) is 3.32. The summed E-state index contributed by atoms with van der Waals surface area (Å²) in [6.07, 6.45) is 13.4. The average Bonchev–Trinajstić information content (AvgIpc) is 3.20. The van der Waals surface area contributed by atoms with Crippen LogP contribution in [0.5, 0.6) is 0 Å². The molecule has 0 spiro atoms. The molecule has 4 rings (SSSR count). The van der Waals surface area contributed by atoms with E-state index >= 15 is 0 Å². The maximum atomic E-state index is 4.42. The van der Waals surface area contributed by atoms with Gasteiger partial charge in [0.2, 0.25) is 0 Å². The third-order valence-electron chi connectivity index (χ3n) is 6.44. The summed E-state index contributed by atoms with van der Waals surface area (Å²) >= 11 is 0. The van der Waals surface area contributed by atoms with Crippen molar-refractivity contribution in [3.05, 3.63) is 30.2 Å². The fraction of sp³-hybridized carbons (Fsp3) is 0.682. The molecule has 2 aromatic heterocycles. The molecule has 158 valence electrons. The van der Waals surface area contributed by atoms with Crippen LogP contribution in [-0.4, -0.2) is 64.2 Å². The Hall–Kier alpha value is -2.15. The SMILES string of the molecule is CN=C(NCCCc1nnc2ccccn12)NC1CCN(C2CCCCC2)CC1. The summed E-state index contributed by atoms with van der Waals surface area (Å²) in [5, 5.41) is 15.6. The number of aryl methyl sites for hydroxylation is 1. The quantitative estimate of drug-likeness (QED) is 0.445. The molecule has 1 saturated carbocycles. The van der Waals surface area contributed by atoms with E-state index in [1.54, 1.807) is 0 Å². The molecular weight excluding hydrogens is 362 g/mol. The summed E-state index contributed by atoms with van der Waals surface area (Å²) in [6, 6.07) is 7.37. The van der Waals surface area contributed by atoms with Gasteiger partial charge in [0.15, 0.2) is 11.6 Å². The van der Waals surface area contributed by atoms with Crippen molar-refractivity contribution in [3.8, 4) is 0 Å². The van der Waals surface area contributed by atoms with E-state index in [4.69, 9.17) is 0 Å². The first-order valence-corrected chi connectivity index (χ1v) is 11.3. The molecule has 2 fully saturated rings. The van der Waals surface area contributed by atoms with Gasteiger partial charge in [-0.2, -0.15) is 0 Å². The molecule has 0 amide bonds. The molecule has 2 aromatic rings. The number of fused-ring (bicyclic) bond motifs is 1. The molecule has 2 N–H and O–H groups in total. The topological polar surface area (TPSA) is 69.8 Å². The monoisotopic (exact) mass is 397 g/mol. The zero-order valence-electron chi connectivity index (χ0n) is 17.7. The number of nitrogens with one attached hydrogen (secondary N) is 2. The fourth-order valence-corrected chi connectivity index (χ4v) is 4.76. The van der Waals surface area contributed by atoms with Crippen LogP contribution < -0.4 is 10.6 Å². The smallest absolute Gasteiger partial charge is 0.191 e. The molecule has 1 aliphatic carbocycles. The largest absolute Gasteiger partial charge is 0.356 e. The summed E-state index contributed by atoms with van der Waals surface area (Å²) in [5.41, 5.74) is 0.910.